The van der Waals surface area contributed by atoms with Crippen molar-refractivity contribution < 1.29 is 4.79 Å². The number of urea groups is 1. The van der Waals surface area contributed by atoms with Gasteiger partial charge in [0.15, 0.2) is 5.13 Å². The predicted molar refractivity (Wildman–Crippen MR) is 121 cm³/mol. The molecule has 0 radical (unpaired) electrons. The zero-order chi connectivity index (χ0) is 20.1. The molecule has 3 heterocycles. The first-order valence-electron chi connectivity index (χ1n) is 10.8. The van der Waals surface area contributed by atoms with Crippen LogP contribution < -0.4 is 15.5 Å². The Morgan fingerprint density at radius 2 is 1.76 bits per heavy atom. The van der Waals surface area contributed by atoms with Crippen molar-refractivity contribution in [2.24, 2.45) is 0 Å². The summed E-state index contributed by atoms with van der Waals surface area (Å²) in [5.41, 5.74) is 3.18. The molecule has 7 heteroatoms. The maximum Gasteiger partial charge on any atom is 0.325 e. The fourth-order valence-electron chi connectivity index (χ4n) is 4.17. The molecule has 2 saturated heterocycles. The van der Waals surface area contributed by atoms with Gasteiger partial charge in [-0.2, -0.15) is 0 Å². The van der Waals surface area contributed by atoms with Gasteiger partial charge in [-0.1, -0.05) is 12.5 Å². The quantitative estimate of drug-likeness (QED) is 0.718. The van der Waals surface area contributed by atoms with Crippen molar-refractivity contribution in [3.05, 3.63) is 34.8 Å². The maximum atomic E-state index is 12.6. The Morgan fingerprint density at radius 3 is 2.52 bits per heavy atom. The lowest BCUT2D eigenvalue weighted by molar-refractivity contribution is 0.222. The highest BCUT2D eigenvalue weighted by molar-refractivity contribution is 7.15. The zero-order valence-electron chi connectivity index (χ0n) is 17.2. The van der Waals surface area contributed by atoms with Gasteiger partial charge in [-0.25, -0.2) is 9.78 Å². The second-order valence-electron chi connectivity index (χ2n) is 8.12. The minimum absolute atomic E-state index is 0.231. The number of hydrogen-bond donors (Lipinski definition) is 2. The molecular formula is C22H31N5OS. The van der Waals surface area contributed by atoms with Crippen molar-refractivity contribution in [3.63, 3.8) is 0 Å². The van der Waals surface area contributed by atoms with E-state index in [9.17, 15) is 4.79 Å². The molecule has 2 aromatic rings. The minimum atomic E-state index is -0.231. The summed E-state index contributed by atoms with van der Waals surface area (Å²) in [7, 11) is 0. The molecule has 2 fully saturated rings. The fourth-order valence-corrected chi connectivity index (χ4v) is 5.02. The van der Waals surface area contributed by atoms with E-state index in [1.807, 2.05) is 18.3 Å². The summed E-state index contributed by atoms with van der Waals surface area (Å²) in [6, 6.07) is 5.98. The average Bonchev–Trinajstić information content (AvgIpc) is 3.17. The monoisotopic (exact) mass is 413 g/mol. The number of nitrogens with one attached hydrogen (secondary N) is 2. The molecule has 0 spiro atoms. The van der Waals surface area contributed by atoms with Crippen molar-refractivity contribution in [2.75, 3.05) is 41.7 Å². The van der Waals surface area contributed by atoms with Crippen molar-refractivity contribution in [1.82, 2.24) is 9.88 Å². The summed E-state index contributed by atoms with van der Waals surface area (Å²) in [6.07, 6.45) is 9.49. The number of amides is 2. The number of aryl methyl sites for hydroxylation is 1. The average molecular weight is 414 g/mol. The second-order valence-corrected chi connectivity index (χ2v) is 9.23. The molecular weight excluding hydrogens is 382 g/mol. The summed E-state index contributed by atoms with van der Waals surface area (Å²) in [4.78, 5) is 23.1. The Morgan fingerprint density at radius 1 is 1.03 bits per heavy atom. The smallest absolute Gasteiger partial charge is 0.325 e. The van der Waals surface area contributed by atoms with Crippen LogP contribution in [0.1, 0.15) is 49.0 Å². The first-order chi connectivity index (χ1) is 14.2. The van der Waals surface area contributed by atoms with Gasteiger partial charge in [-0.05, 0) is 69.8 Å². The highest BCUT2D eigenvalue weighted by Gasteiger charge is 2.17. The Hall–Kier alpha value is -2.12. The van der Waals surface area contributed by atoms with Crippen LogP contribution in [0.3, 0.4) is 0 Å². The van der Waals surface area contributed by atoms with Crippen LogP contribution in [-0.4, -0.2) is 42.1 Å². The fraction of sp³-hybridized carbons (Fsp3) is 0.545. The third-order valence-corrected chi connectivity index (χ3v) is 6.60. The molecule has 29 heavy (non-hydrogen) atoms. The maximum absolute atomic E-state index is 12.6. The molecule has 2 aliphatic rings. The van der Waals surface area contributed by atoms with E-state index in [-0.39, 0.29) is 6.03 Å². The predicted octanol–water partition coefficient (Wildman–Crippen LogP) is 5.07. The highest BCUT2D eigenvalue weighted by Crippen LogP contribution is 2.30. The number of hydrogen-bond acceptors (Lipinski definition) is 5. The summed E-state index contributed by atoms with van der Waals surface area (Å²) in [5, 5.41) is 6.61. The van der Waals surface area contributed by atoms with E-state index < -0.39 is 0 Å². The largest absolute Gasteiger partial charge is 0.370 e. The van der Waals surface area contributed by atoms with Crippen LogP contribution in [0.4, 0.5) is 21.3 Å². The number of rotatable bonds is 5. The van der Waals surface area contributed by atoms with Crippen molar-refractivity contribution in [1.29, 1.82) is 0 Å². The van der Waals surface area contributed by atoms with Crippen LogP contribution in [0.2, 0.25) is 0 Å². The van der Waals surface area contributed by atoms with Gasteiger partial charge < -0.3 is 10.2 Å². The van der Waals surface area contributed by atoms with E-state index >= 15 is 0 Å². The third kappa shape index (κ3) is 5.48. The van der Waals surface area contributed by atoms with Crippen LogP contribution in [0, 0.1) is 6.92 Å². The van der Waals surface area contributed by atoms with Gasteiger partial charge in [0.1, 0.15) is 0 Å². The molecule has 0 unspecified atom stereocenters. The van der Waals surface area contributed by atoms with Crippen molar-refractivity contribution >= 4 is 33.9 Å². The number of anilines is 3. The molecule has 6 nitrogen and oxygen atoms in total. The number of aromatic nitrogens is 1. The Bertz CT molecular complexity index is 824. The Kier molecular flexibility index (Phi) is 6.67. The third-order valence-electron chi connectivity index (χ3n) is 5.70. The van der Waals surface area contributed by atoms with E-state index in [0.29, 0.717) is 5.13 Å². The molecule has 2 amide bonds. The highest BCUT2D eigenvalue weighted by atomic mass is 32.1. The minimum Gasteiger partial charge on any atom is -0.370 e. The molecule has 1 aromatic carbocycles. The lowest BCUT2D eigenvalue weighted by Crippen LogP contribution is -2.31. The van der Waals surface area contributed by atoms with Crippen molar-refractivity contribution in [3.8, 4) is 0 Å². The number of benzene rings is 1. The first-order valence-corrected chi connectivity index (χ1v) is 11.6. The van der Waals surface area contributed by atoms with Crippen molar-refractivity contribution in [2.45, 2.75) is 52.0 Å². The van der Waals surface area contributed by atoms with Crippen LogP contribution in [-0.2, 0) is 6.54 Å². The number of carbonyl (C=O) groups is 1. The lowest BCUT2D eigenvalue weighted by Gasteiger charge is -2.30. The summed E-state index contributed by atoms with van der Waals surface area (Å²) < 4.78 is 0. The van der Waals surface area contributed by atoms with E-state index in [4.69, 9.17) is 0 Å². The molecule has 2 N–H and O–H groups in total. The van der Waals surface area contributed by atoms with Gasteiger partial charge in [0.25, 0.3) is 0 Å². The number of piperidine rings is 2. The normalized spacial score (nSPS) is 17.9. The SMILES string of the molecule is Cc1ccc(NC(=O)Nc2ncc(CN3CCCCC3)s2)c(N2CCCCC2)c1. The van der Waals surface area contributed by atoms with Gasteiger partial charge in [0.05, 0.1) is 11.4 Å². The van der Waals surface area contributed by atoms with E-state index in [1.54, 1.807) is 11.3 Å². The summed E-state index contributed by atoms with van der Waals surface area (Å²) in [6.45, 7) is 7.44. The molecule has 0 aliphatic carbocycles. The van der Waals surface area contributed by atoms with Gasteiger partial charge in [0.2, 0.25) is 0 Å². The molecule has 0 saturated carbocycles. The molecule has 156 valence electrons. The summed E-state index contributed by atoms with van der Waals surface area (Å²) in [5.74, 6) is 0. The van der Waals surface area contributed by atoms with Gasteiger partial charge in [-0.15, -0.1) is 11.3 Å². The van der Waals surface area contributed by atoms with Crippen LogP contribution in [0.25, 0.3) is 0 Å². The molecule has 4 rings (SSSR count). The number of thiazole rings is 1. The molecule has 2 aliphatic heterocycles. The number of likely N-dealkylation sites (tertiary alicyclic amines) is 1. The Labute approximate surface area is 177 Å². The van der Waals surface area contributed by atoms with E-state index in [2.05, 4.69) is 38.4 Å². The van der Waals surface area contributed by atoms with Gasteiger partial charge in [0, 0.05) is 30.7 Å². The molecule has 1 aromatic heterocycles. The van der Waals surface area contributed by atoms with Crippen LogP contribution in [0.5, 0.6) is 0 Å². The summed E-state index contributed by atoms with van der Waals surface area (Å²) >= 11 is 1.56. The zero-order valence-corrected chi connectivity index (χ0v) is 18.1. The Balaban J connectivity index is 1.37. The van der Waals surface area contributed by atoms with Crippen LogP contribution in [0.15, 0.2) is 24.4 Å². The molecule has 0 bridgehead atoms. The van der Waals surface area contributed by atoms with Crippen LogP contribution >= 0.6 is 11.3 Å². The number of nitrogens with zero attached hydrogens (tertiary/aromatic N) is 3. The van der Waals surface area contributed by atoms with E-state index in [0.717, 1.165) is 44.1 Å². The second kappa shape index (κ2) is 9.59. The lowest BCUT2D eigenvalue weighted by atomic mass is 10.1. The van der Waals surface area contributed by atoms with Gasteiger partial charge in [-0.3, -0.25) is 10.2 Å². The molecule has 0 atom stereocenters. The topological polar surface area (TPSA) is 60.5 Å². The number of carbonyl (C=O) groups excluding carboxylic acids is 1. The standard InChI is InChI=1S/C22H31N5OS/c1-17-8-9-19(20(14-17)27-12-6-3-7-13-27)24-21(28)25-22-23-15-18(29-22)16-26-10-4-2-5-11-26/h8-9,14-15H,2-7,10-13,16H2,1H3,(H2,23,24,25,28). The van der Waals surface area contributed by atoms with E-state index in [1.165, 1.54) is 49.0 Å². The van der Waals surface area contributed by atoms with Gasteiger partial charge >= 0.3 is 6.03 Å². The first kappa shape index (κ1) is 20.2.